The van der Waals surface area contributed by atoms with Gasteiger partial charge in [0.1, 0.15) is 0 Å². The largest absolute Gasteiger partial charge is 0.504 e. The average Bonchev–Trinajstić information content (AvgIpc) is 2.31. The van der Waals surface area contributed by atoms with E-state index >= 15 is 0 Å². The molecule has 0 saturated heterocycles. The van der Waals surface area contributed by atoms with E-state index in [-0.39, 0.29) is 24.2 Å². The van der Waals surface area contributed by atoms with Gasteiger partial charge in [-0.25, -0.2) is 0 Å². The number of phenols is 1. The first-order chi connectivity index (χ1) is 8.10. The molecule has 0 aliphatic rings. The van der Waals surface area contributed by atoms with Gasteiger partial charge in [-0.15, -0.1) is 12.4 Å². The predicted octanol–water partition coefficient (Wildman–Crippen LogP) is 4.17. The number of nitrogens with two attached hydrogens (primary N) is 1. The molecular formula is C13H21BrClNO2. The molecule has 18 heavy (non-hydrogen) atoms. The predicted molar refractivity (Wildman–Crippen MR) is 80.7 cm³/mol. The fourth-order valence-electron chi connectivity index (χ4n) is 1.80. The molecule has 0 fully saturated rings. The van der Waals surface area contributed by atoms with Crippen LogP contribution in [0.15, 0.2) is 16.6 Å². The Morgan fingerprint density at radius 2 is 2.06 bits per heavy atom. The van der Waals surface area contributed by atoms with Crippen LogP contribution in [-0.4, -0.2) is 12.2 Å². The minimum atomic E-state index is -0.145. The van der Waals surface area contributed by atoms with Gasteiger partial charge in [0.2, 0.25) is 0 Å². The number of hydrogen-bond donors (Lipinski definition) is 2. The van der Waals surface area contributed by atoms with Crippen LogP contribution in [0.5, 0.6) is 11.5 Å². The zero-order valence-electron chi connectivity index (χ0n) is 10.8. The molecule has 0 heterocycles. The summed E-state index contributed by atoms with van der Waals surface area (Å²) in [6.07, 6.45) is 4.28. The summed E-state index contributed by atoms with van der Waals surface area (Å²) in [7, 11) is 1.54. The Balaban J connectivity index is 0.00000289. The number of unbranched alkanes of at least 4 members (excludes halogenated alkanes) is 2. The molecule has 3 nitrogen and oxygen atoms in total. The van der Waals surface area contributed by atoms with Gasteiger partial charge in [-0.3, -0.25) is 0 Å². The third kappa shape index (κ3) is 4.67. The number of halogens is 2. The molecule has 5 heteroatoms. The van der Waals surface area contributed by atoms with Crippen LogP contribution in [0, 0.1) is 0 Å². The molecular weight excluding hydrogens is 318 g/mol. The van der Waals surface area contributed by atoms with Crippen molar-refractivity contribution >= 4 is 28.3 Å². The van der Waals surface area contributed by atoms with Crippen molar-refractivity contribution in [2.24, 2.45) is 5.73 Å². The first-order valence-corrected chi connectivity index (χ1v) is 6.71. The number of methoxy groups -OCH3 is 1. The van der Waals surface area contributed by atoms with E-state index in [1.807, 2.05) is 6.07 Å². The first kappa shape index (κ1) is 17.6. The van der Waals surface area contributed by atoms with Gasteiger partial charge in [-0.2, -0.15) is 0 Å². The van der Waals surface area contributed by atoms with Crippen molar-refractivity contribution in [3.8, 4) is 11.5 Å². The van der Waals surface area contributed by atoms with Crippen LogP contribution in [0.25, 0.3) is 0 Å². The number of ether oxygens (including phenoxy) is 1. The third-order valence-electron chi connectivity index (χ3n) is 2.81. The molecule has 1 aromatic rings. The van der Waals surface area contributed by atoms with E-state index in [0.29, 0.717) is 5.75 Å². The quantitative estimate of drug-likeness (QED) is 0.766. The molecule has 0 unspecified atom stereocenters. The maximum absolute atomic E-state index is 10.0. The molecule has 3 N–H and O–H groups in total. The fraction of sp³-hybridized carbons (Fsp3) is 0.538. The van der Waals surface area contributed by atoms with Gasteiger partial charge in [0, 0.05) is 16.1 Å². The van der Waals surface area contributed by atoms with E-state index < -0.39 is 0 Å². The highest BCUT2D eigenvalue weighted by Crippen LogP contribution is 2.37. The minimum Gasteiger partial charge on any atom is -0.504 e. The van der Waals surface area contributed by atoms with Crippen LogP contribution < -0.4 is 10.5 Å². The van der Waals surface area contributed by atoms with Gasteiger partial charge in [-0.1, -0.05) is 42.1 Å². The van der Waals surface area contributed by atoms with Crippen LogP contribution >= 0.6 is 28.3 Å². The Labute approximate surface area is 123 Å². The van der Waals surface area contributed by atoms with E-state index in [0.717, 1.165) is 22.9 Å². The molecule has 0 aromatic heterocycles. The summed E-state index contributed by atoms with van der Waals surface area (Å²) in [6.45, 7) is 2.16. The molecule has 0 radical (unpaired) electrons. The third-order valence-corrected chi connectivity index (χ3v) is 3.27. The summed E-state index contributed by atoms with van der Waals surface area (Å²) in [4.78, 5) is 0. The lowest BCUT2D eigenvalue weighted by atomic mass is 10.00. The second kappa shape index (κ2) is 8.62. The van der Waals surface area contributed by atoms with Gasteiger partial charge < -0.3 is 15.6 Å². The normalized spacial score (nSPS) is 11.8. The second-order valence-electron chi connectivity index (χ2n) is 4.15. The Kier molecular flexibility index (Phi) is 8.40. The molecule has 0 amide bonds. The van der Waals surface area contributed by atoms with Gasteiger partial charge in [0.15, 0.2) is 11.5 Å². The summed E-state index contributed by atoms with van der Waals surface area (Å²) in [5, 5.41) is 10.0. The Morgan fingerprint density at radius 3 is 2.61 bits per heavy atom. The summed E-state index contributed by atoms with van der Waals surface area (Å²) in [5.74, 6) is 0.611. The van der Waals surface area contributed by atoms with Crippen molar-refractivity contribution in [1.82, 2.24) is 0 Å². The zero-order chi connectivity index (χ0) is 12.8. The smallest absolute Gasteiger partial charge is 0.162 e. The highest BCUT2D eigenvalue weighted by atomic mass is 79.9. The first-order valence-electron chi connectivity index (χ1n) is 5.92. The summed E-state index contributed by atoms with van der Waals surface area (Å²) < 4.78 is 5.98. The second-order valence-corrected chi connectivity index (χ2v) is 5.06. The van der Waals surface area contributed by atoms with Gasteiger partial charge in [0.05, 0.1) is 7.11 Å². The van der Waals surface area contributed by atoms with E-state index in [9.17, 15) is 5.11 Å². The van der Waals surface area contributed by atoms with Crippen LogP contribution in [0.1, 0.15) is 44.2 Å². The lowest BCUT2D eigenvalue weighted by Gasteiger charge is -2.16. The molecule has 1 rings (SSSR count). The number of aromatic hydroxyl groups is 1. The highest BCUT2D eigenvalue weighted by molar-refractivity contribution is 9.10. The van der Waals surface area contributed by atoms with Crippen LogP contribution in [-0.2, 0) is 0 Å². The number of rotatable bonds is 6. The van der Waals surface area contributed by atoms with Crippen molar-refractivity contribution in [1.29, 1.82) is 0 Å². The molecule has 1 aromatic carbocycles. The lowest BCUT2D eigenvalue weighted by Crippen LogP contribution is -2.10. The Morgan fingerprint density at radius 1 is 1.39 bits per heavy atom. The molecule has 0 bridgehead atoms. The van der Waals surface area contributed by atoms with Crippen LogP contribution in [0.3, 0.4) is 0 Å². The molecule has 0 aliphatic heterocycles. The fourth-order valence-corrected chi connectivity index (χ4v) is 2.26. The van der Waals surface area contributed by atoms with E-state index in [4.69, 9.17) is 10.5 Å². The summed E-state index contributed by atoms with van der Waals surface area (Å²) in [6, 6.07) is 3.44. The monoisotopic (exact) mass is 337 g/mol. The standard InChI is InChI=1S/C13H20BrNO2.ClH/c1-3-4-5-6-11(15)10-7-9(14)8-12(17-2)13(10)16;/h7-8,11,16H,3-6,15H2,1-2H3;1H/t11-;/m1./s1. The molecule has 1 atom stereocenters. The summed E-state index contributed by atoms with van der Waals surface area (Å²) in [5.41, 5.74) is 6.84. The zero-order valence-corrected chi connectivity index (χ0v) is 13.2. The number of benzene rings is 1. The van der Waals surface area contributed by atoms with Crippen molar-refractivity contribution in [3.63, 3.8) is 0 Å². The van der Waals surface area contributed by atoms with Gasteiger partial charge in [-0.05, 0) is 18.6 Å². The number of hydrogen-bond acceptors (Lipinski definition) is 3. The van der Waals surface area contributed by atoms with Crippen molar-refractivity contribution in [2.75, 3.05) is 7.11 Å². The van der Waals surface area contributed by atoms with Crippen LogP contribution in [0.2, 0.25) is 0 Å². The lowest BCUT2D eigenvalue weighted by molar-refractivity contribution is 0.367. The Bertz CT molecular complexity index is 374. The Hall–Kier alpha value is -0.450. The van der Waals surface area contributed by atoms with Gasteiger partial charge >= 0.3 is 0 Å². The van der Waals surface area contributed by atoms with Crippen molar-refractivity contribution < 1.29 is 9.84 Å². The number of phenolic OH excluding ortho intramolecular Hbond substituents is 1. The molecule has 0 aliphatic carbocycles. The molecule has 0 spiro atoms. The van der Waals surface area contributed by atoms with E-state index in [1.165, 1.54) is 20.0 Å². The minimum absolute atomic E-state index is 0. The van der Waals surface area contributed by atoms with Gasteiger partial charge in [0.25, 0.3) is 0 Å². The van der Waals surface area contributed by atoms with Crippen molar-refractivity contribution in [2.45, 2.75) is 38.6 Å². The molecule has 0 saturated carbocycles. The molecule has 104 valence electrons. The highest BCUT2D eigenvalue weighted by Gasteiger charge is 2.15. The average molecular weight is 339 g/mol. The van der Waals surface area contributed by atoms with Crippen LogP contribution in [0.4, 0.5) is 0 Å². The SMILES string of the molecule is CCCCC[C@@H](N)c1cc(Br)cc(OC)c1O.Cl. The topological polar surface area (TPSA) is 55.5 Å². The van der Waals surface area contributed by atoms with E-state index in [2.05, 4.69) is 22.9 Å². The summed E-state index contributed by atoms with van der Waals surface area (Å²) >= 11 is 3.39. The van der Waals surface area contributed by atoms with Crippen molar-refractivity contribution in [3.05, 3.63) is 22.2 Å². The maximum atomic E-state index is 10.0. The van der Waals surface area contributed by atoms with E-state index in [1.54, 1.807) is 6.07 Å². The maximum Gasteiger partial charge on any atom is 0.162 e.